The highest BCUT2D eigenvalue weighted by Gasteiger charge is 2.38. The monoisotopic (exact) mass is 263 g/mol. The highest BCUT2D eigenvalue weighted by molar-refractivity contribution is 7.14. The van der Waals surface area contributed by atoms with Crippen LogP contribution in [-0.4, -0.2) is 37.6 Å². The molecule has 0 aliphatic heterocycles. The summed E-state index contributed by atoms with van der Waals surface area (Å²) < 4.78 is 0. The van der Waals surface area contributed by atoms with Gasteiger partial charge in [0.25, 0.3) is 0 Å². The molecule has 0 unspecified atom stereocenters. The molecule has 1 aliphatic carbocycles. The van der Waals surface area contributed by atoms with Gasteiger partial charge in [0.05, 0.1) is 11.1 Å². The summed E-state index contributed by atoms with van der Waals surface area (Å²) in [6.07, 6.45) is 4.13. The Morgan fingerprint density at radius 2 is 2.00 bits per heavy atom. The molecule has 0 saturated heterocycles. The maximum atomic E-state index is 9.42. The number of hydrogen-bond acceptors (Lipinski definition) is 4. The Bertz CT molecular complexity index is 411. The van der Waals surface area contributed by atoms with E-state index < -0.39 is 0 Å². The fraction of sp³-hybridized carbons (Fsp3) is 0.643. The molecule has 1 fully saturated rings. The third kappa shape index (κ3) is 2.38. The van der Waals surface area contributed by atoms with E-state index in [0.29, 0.717) is 6.04 Å². The summed E-state index contributed by atoms with van der Waals surface area (Å²) in [6, 6.07) is 7.36. The van der Waals surface area contributed by atoms with Crippen LogP contribution < -0.4 is 4.90 Å². The van der Waals surface area contributed by atoms with Crippen molar-refractivity contribution >= 4 is 16.3 Å². The van der Waals surface area contributed by atoms with Gasteiger partial charge in [0, 0.05) is 13.1 Å². The van der Waals surface area contributed by atoms with E-state index in [1.807, 2.05) is 14.1 Å². The van der Waals surface area contributed by atoms with Crippen LogP contribution in [0.4, 0.5) is 5.00 Å². The van der Waals surface area contributed by atoms with E-state index in [2.05, 4.69) is 40.4 Å². The molecule has 0 radical (unpaired) electrons. The van der Waals surface area contributed by atoms with Crippen LogP contribution in [0.25, 0.3) is 0 Å². The van der Waals surface area contributed by atoms with Crippen LogP contribution in [0, 0.1) is 11.3 Å². The van der Waals surface area contributed by atoms with Crippen molar-refractivity contribution in [3.05, 3.63) is 17.5 Å². The predicted octanol–water partition coefficient (Wildman–Crippen LogP) is 2.95. The quantitative estimate of drug-likeness (QED) is 0.840. The van der Waals surface area contributed by atoms with Crippen LogP contribution in [0.1, 0.15) is 25.7 Å². The van der Waals surface area contributed by atoms with Crippen LogP contribution in [0.2, 0.25) is 0 Å². The van der Waals surface area contributed by atoms with Gasteiger partial charge in [0.2, 0.25) is 0 Å². The number of rotatable bonds is 3. The number of nitrogens with zero attached hydrogens (tertiary/aromatic N) is 3. The first-order chi connectivity index (χ1) is 8.59. The second kappa shape index (κ2) is 5.29. The smallest absolute Gasteiger partial charge is 0.108 e. The van der Waals surface area contributed by atoms with Gasteiger partial charge in [0.1, 0.15) is 5.54 Å². The number of thiophene rings is 1. The molecule has 1 saturated carbocycles. The summed E-state index contributed by atoms with van der Waals surface area (Å²) in [5.41, 5.74) is -0.243. The molecule has 1 aromatic heterocycles. The summed E-state index contributed by atoms with van der Waals surface area (Å²) >= 11 is 1.79. The first-order valence-corrected chi connectivity index (χ1v) is 7.32. The topological polar surface area (TPSA) is 30.3 Å². The third-order valence-corrected chi connectivity index (χ3v) is 5.21. The first-order valence-electron chi connectivity index (χ1n) is 6.44. The summed E-state index contributed by atoms with van der Waals surface area (Å²) in [5.74, 6) is 0. The van der Waals surface area contributed by atoms with Crippen molar-refractivity contribution in [2.24, 2.45) is 0 Å². The van der Waals surface area contributed by atoms with E-state index >= 15 is 0 Å². The van der Waals surface area contributed by atoms with Gasteiger partial charge >= 0.3 is 0 Å². The highest BCUT2D eigenvalue weighted by Crippen LogP contribution is 2.35. The molecular weight excluding hydrogens is 242 g/mol. The number of anilines is 1. The maximum Gasteiger partial charge on any atom is 0.108 e. The Hall–Kier alpha value is -1.05. The summed E-state index contributed by atoms with van der Waals surface area (Å²) in [6.45, 7) is 0. The summed E-state index contributed by atoms with van der Waals surface area (Å²) in [7, 11) is 6.21. The predicted molar refractivity (Wildman–Crippen MR) is 77.0 cm³/mol. The molecule has 18 heavy (non-hydrogen) atoms. The van der Waals surface area contributed by atoms with Gasteiger partial charge in [0.15, 0.2) is 0 Å². The van der Waals surface area contributed by atoms with Gasteiger partial charge < -0.3 is 4.90 Å². The van der Waals surface area contributed by atoms with Crippen molar-refractivity contribution in [1.82, 2.24) is 4.90 Å². The highest BCUT2D eigenvalue weighted by atomic mass is 32.1. The average Bonchev–Trinajstić information content (AvgIpc) is 2.91. The fourth-order valence-electron chi connectivity index (χ4n) is 2.78. The van der Waals surface area contributed by atoms with Crippen LogP contribution in [-0.2, 0) is 0 Å². The van der Waals surface area contributed by atoms with Crippen molar-refractivity contribution in [1.29, 1.82) is 5.26 Å². The Labute approximate surface area is 114 Å². The third-order valence-electron chi connectivity index (χ3n) is 4.25. The molecule has 1 heterocycles. The van der Waals surface area contributed by atoms with Crippen molar-refractivity contribution < 1.29 is 0 Å². The van der Waals surface area contributed by atoms with E-state index in [9.17, 15) is 5.26 Å². The standard InChI is InChI=1S/C14H21N3S/c1-16(2)14(11-15)8-6-12(7-9-14)17(3)13-5-4-10-18-13/h4-5,10,12H,6-9H2,1-3H3. The van der Waals surface area contributed by atoms with Gasteiger partial charge in [-0.3, -0.25) is 4.90 Å². The van der Waals surface area contributed by atoms with E-state index in [4.69, 9.17) is 0 Å². The molecule has 1 aromatic rings. The van der Waals surface area contributed by atoms with E-state index in [-0.39, 0.29) is 5.54 Å². The maximum absolute atomic E-state index is 9.42. The average molecular weight is 263 g/mol. The van der Waals surface area contributed by atoms with E-state index in [1.165, 1.54) is 5.00 Å². The normalized spacial score (nSPS) is 28.1. The lowest BCUT2D eigenvalue weighted by molar-refractivity contribution is 0.148. The van der Waals surface area contributed by atoms with Gasteiger partial charge in [-0.05, 0) is 57.3 Å². The SMILES string of the molecule is CN(c1cccs1)C1CCC(C#N)(N(C)C)CC1. The minimum Gasteiger partial charge on any atom is -0.364 e. The molecule has 0 amide bonds. The second-order valence-electron chi connectivity index (χ2n) is 5.33. The van der Waals surface area contributed by atoms with Crippen LogP contribution in [0.5, 0.6) is 0 Å². The zero-order chi connectivity index (χ0) is 13.2. The lowest BCUT2D eigenvalue weighted by Crippen LogP contribution is -2.49. The summed E-state index contributed by atoms with van der Waals surface area (Å²) in [5, 5.41) is 12.9. The summed E-state index contributed by atoms with van der Waals surface area (Å²) in [4.78, 5) is 4.47. The molecule has 4 heteroatoms. The molecule has 0 spiro atoms. The molecule has 2 rings (SSSR count). The van der Waals surface area contributed by atoms with Crippen molar-refractivity contribution in [2.45, 2.75) is 37.3 Å². The molecule has 0 bridgehead atoms. The molecule has 0 N–H and O–H groups in total. The lowest BCUT2D eigenvalue weighted by Gasteiger charge is -2.42. The van der Waals surface area contributed by atoms with E-state index in [0.717, 1.165) is 25.7 Å². The van der Waals surface area contributed by atoms with Crippen molar-refractivity contribution in [2.75, 3.05) is 26.0 Å². The van der Waals surface area contributed by atoms with Crippen LogP contribution in [0.15, 0.2) is 17.5 Å². The van der Waals surface area contributed by atoms with Gasteiger partial charge in [-0.1, -0.05) is 0 Å². The number of hydrogen-bond donors (Lipinski definition) is 0. The van der Waals surface area contributed by atoms with Crippen molar-refractivity contribution in [3.8, 4) is 6.07 Å². The van der Waals surface area contributed by atoms with Crippen LogP contribution >= 0.6 is 11.3 Å². The van der Waals surface area contributed by atoms with Crippen molar-refractivity contribution in [3.63, 3.8) is 0 Å². The Morgan fingerprint density at radius 1 is 1.33 bits per heavy atom. The van der Waals surface area contributed by atoms with Gasteiger partial charge in [-0.25, -0.2) is 0 Å². The van der Waals surface area contributed by atoms with E-state index in [1.54, 1.807) is 11.3 Å². The molecule has 1 aliphatic rings. The molecular formula is C14H21N3S. The minimum atomic E-state index is -0.243. The minimum absolute atomic E-state index is 0.243. The molecule has 0 atom stereocenters. The zero-order valence-electron chi connectivity index (χ0n) is 11.4. The first kappa shape index (κ1) is 13.4. The van der Waals surface area contributed by atoms with Gasteiger partial charge in [-0.15, -0.1) is 11.3 Å². The Morgan fingerprint density at radius 3 is 2.44 bits per heavy atom. The van der Waals surface area contributed by atoms with Crippen LogP contribution in [0.3, 0.4) is 0 Å². The molecule has 0 aromatic carbocycles. The Kier molecular flexibility index (Phi) is 3.94. The molecule has 98 valence electrons. The second-order valence-corrected chi connectivity index (χ2v) is 6.26. The number of nitriles is 1. The largest absolute Gasteiger partial charge is 0.364 e. The Balaban J connectivity index is 2.01. The van der Waals surface area contributed by atoms with Gasteiger partial charge in [-0.2, -0.15) is 5.26 Å². The zero-order valence-corrected chi connectivity index (χ0v) is 12.2. The molecule has 3 nitrogen and oxygen atoms in total. The fourth-order valence-corrected chi connectivity index (χ4v) is 3.55. The lowest BCUT2D eigenvalue weighted by atomic mass is 9.79.